The van der Waals surface area contributed by atoms with Crippen LogP contribution in [0.5, 0.6) is 0 Å². The smallest absolute Gasteiger partial charge is 0.125 e. The van der Waals surface area contributed by atoms with Crippen LogP contribution >= 0.6 is 109 Å². The second kappa shape index (κ2) is 33.5. The van der Waals surface area contributed by atoms with Crippen LogP contribution in [0, 0.1) is 17.5 Å². The number of H-pyrrole nitrogens is 1. The number of aromatic nitrogens is 3. The van der Waals surface area contributed by atoms with E-state index in [1.54, 1.807) is 48.5 Å². The van der Waals surface area contributed by atoms with Crippen molar-refractivity contribution in [2.45, 2.75) is 32.4 Å². The molecule has 0 radical (unpaired) electrons. The van der Waals surface area contributed by atoms with Crippen LogP contribution in [-0.4, -0.2) is 106 Å². The molecule has 0 aliphatic carbocycles. The number of hydrogen-bond acceptors (Lipinski definition) is 3. The highest BCUT2D eigenvalue weighted by Crippen LogP contribution is 2.30. The summed E-state index contributed by atoms with van der Waals surface area (Å²) in [6.45, 7) is 9.41. The zero-order valence-electron chi connectivity index (χ0n) is 46.0. The molecule has 11 rings (SSSR count). The zero-order valence-corrected chi connectivity index (χ0v) is 53.6. The average molecular weight is 1350 g/mol. The third-order valence-electron chi connectivity index (χ3n) is 13.9. The maximum atomic E-state index is 13.9. The Bertz CT molecular complexity index is 3640. The quantitative estimate of drug-likeness (QED) is 0.124. The van der Waals surface area contributed by atoms with E-state index in [0.29, 0.717) is 48.4 Å². The molecule has 2 fully saturated rings. The number of rotatable bonds is 12. The van der Waals surface area contributed by atoms with Gasteiger partial charge in [0.2, 0.25) is 0 Å². The average Bonchev–Trinajstić information content (AvgIpc) is 4.12. The summed E-state index contributed by atoms with van der Waals surface area (Å²) < 4.78 is 44.7. The molecule has 2 saturated heterocycles. The molecule has 2 aliphatic heterocycles. The van der Waals surface area contributed by atoms with Crippen molar-refractivity contribution in [3.8, 4) is 0 Å². The van der Waals surface area contributed by atoms with Crippen molar-refractivity contribution in [3.05, 3.63) is 209 Å². The lowest BCUT2D eigenvalue weighted by Crippen LogP contribution is -2.45. The van der Waals surface area contributed by atoms with Gasteiger partial charge in [0.1, 0.15) is 17.5 Å². The maximum Gasteiger partial charge on any atom is 0.125 e. The first-order valence-electron chi connectivity index (χ1n) is 27.0. The van der Waals surface area contributed by atoms with Gasteiger partial charge in [0.05, 0.1) is 41.2 Å². The fraction of sp³-hybridized carbons (Fsp3) is 0.262. The lowest BCUT2D eigenvalue weighted by atomic mass is 10.1. The van der Waals surface area contributed by atoms with E-state index in [9.17, 15) is 13.2 Å². The molecule has 6 aromatic carbocycles. The maximum absolute atomic E-state index is 13.9. The van der Waals surface area contributed by atoms with Crippen molar-refractivity contribution >= 4 is 178 Å². The van der Waals surface area contributed by atoms with Crippen LogP contribution in [0.4, 0.5) is 13.2 Å². The summed E-state index contributed by atoms with van der Waals surface area (Å²) in [5.41, 5.74) is 8.45. The van der Waals surface area contributed by atoms with Crippen molar-refractivity contribution in [1.82, 2.24) is 28.8 Å². The Morgan fingerprint density at radius 2 is 0.867 bits per heavy atom. The molecule has 1 N–H and O–H groups in total. The summed E-state index contributed by atoms with van der Waals surface area (Å²) in [4.78, 5) is 10.3. The molecule has 0 unspecified atom stereocenters. The second-order valence-corrected chi connectivity index (χ2v) is 23.9. The number of hydrogen-bond donors (Lipinski definition) is 1. The number of alkyl halides is 3. The van der Waals surface area contributed by atoms with Crippen molar-refractivity contribution in [2.24, 2.45) is 0 Å². The molecular weight excluding hydrogens is 1290 g/mol. The lowest BCUT2D eigenvalue weighted by Gasteiger charge is -2.32. The van der Waals surface area contributed by atoms with Crippen molar-refractivity contribution in [2.75, 3.05) is 77.0 Å². The van der Waals surface area contributed by atoms with Crippen LogP contribution in [0.25, 0.3) is 69.2 Å². The fourth-order valence-corrected chi connectivity index (χ4v) is 10.5. The Morgan fingerprint density at radius 1 is 0.446 bits per heavy atom. The molecule has 2 aliphatic rings. The van der Waals surface area contributed by atoms with Crippen LogP contribution in [0.2, 0.25) is 30.1 Å². The molecule has 0 bridgehead atoms. The molecule has 18 heteroatoms. The number of aromatic amines is 1. The number of likely N-dealkylation sites (N-methyl/N-ethyl adjacent to an activating group) is 1. The SMILES string of the molecule is CN1CCCCC1.CN1CCN(CCn2cc(/C=C/c3ccc(Cl)c(Cl)c3)c3ccc(F)cc32)CC1.ClCCBr.Fc1ccc2c(/C=C/c3ccc(Cl)c(Cl)c3)c[nH]c2c1.Fc1ccc2c(/C=C/c3ccc(Cl)c(Cl)c3)cn(CCCl)c2c1. The minimum atomic E-state index is -0.258. The van der Waals surface area contributed by atoms with E-state index in [0.717, 1.165) is 111 Å². The first-order chi connectivity index (χ1) is 40.0. The van der Waals surface area contributed by atoms with Crippen LogP contribution in [-0.2, 0) is 13.1 Å². The van der Waals surface area contributed by atoms with Crippen LogP contribution in [0.15, 0.2) is 128 Å². The number of fused-ring (bicyclic) bond motifs is 3. The normalized spacial score (nSPS) is 14.2. The number of halogens is 12. The van der Waals surface area contributed by atoms with E-state index >= 15 is 0 Å². The standard InChI is InChI=1S/C23H24Cl2FN3.C18H13Cl3FN.C16H10Cl2FN.C6H13N.C2H4BrCl/c1-27-8-10-28(11-9-27)12-13-29-16-18(20-6-5-19(26)15-23(20)29)4-2-17-3-7-21(24)22(25)14-17;19-7-8-23-11-13(15-5-4-14(22)10-18(15)23)3-1-12-2-6-16(20)17(21)9-12;17-14-6-2-10(7-15(14)18)1-3-11-9-20-16-8-12(19)4-5-13(11)16;1-7-5-3-2-4-6-7;3-1-2-4/h2-7,14-16H,8-13H2,1H3;1-6,9-11H,7-8H2;1-9,20H;2-6H2,1H3;1-2H2/b4-2+;2*3-1+;;. The van der Waals surface area contributed by atoms with E-state index in [1.165, 1.54) is 62.7 Å². The number of likely N-dealkylation sites (tertiary alicyclic amines) is 1. The molecule has 9 aromatic rings. The minimum absolute atomic E-state index is 0.212. The topological polar surface area (TPSA) is 35.4 Å². The molecule has 83 heavy (non-hydrogen) atoms. The largest absolute Gasteiger partial charge is 0.360 e. The van der Waals surface area contributed by atoms with Gasteiger partial charge in [-0.3, -0.25) is 4.90 Å². The van der Waals surface area contributed by atoms with E-state index < -0.39 is 0 Å². The first-order valence-corrected chi connectivity index (χ1v) is 31.5. The van der Waals surface area contributed by atoms with Gasteiger partial charge in [-0.1, -0.05) is 147 Å². The Kier molecular flexibility index (Phi) is 26.7. The summed E-state index contributed by atoms with van der Waals surface area (Å²) in [7, 11) is 4.35. The third-order valence-corrected chi connectivity index (χ3v) is 17.3. The van der Waals surface area contributed by atoms with E-state index in [4.69, 9.17) is 92.8 Å². The first kappa shape index (κ1) is 66.2. The van der Waals surface area contributed by atoms with Crippen molar-refractivity contribution in [3.63, 3.8) is 0 Å². The van der Waals surface area contributed by atoms with Crippen LogP contribution in [0.3, 0.4) is 0 Å². The Labute approximate surface area is 533 Å². The zero-order chi connectivity index (χ0) is 59.4. The molecule has 0 saturated carbocycles. The third kappa shape index (κ3) is 20.1. The predicted molar refractivity (Wildman–Crippen MR) is 359 cm³/mol. The highest BCUT2D eigenvalue weighted by Gasteiger charge is 2.15. The van der Waals surface area contributed by atoms with Gasteiger partial charge in [-0.25, -0.2) is 13.2 Å². The number of aryl methyl sites for hydroxylation is 1. The van der Waals surface area contributed by atoms with Crippen molar-refractivity contribution < 1.29 is 13.2 Å². The van der Waals surface area contributed by atoms with E-state index in [-0.39, 0.29) is 17.5 Å². The van der Waals surface area contributed by atoms with Gasteiger partial charge in [0.15, 0.2) is 0 Å². The molecule has 3 aromatic heterocycles. The minimum Gasteiger partial charge on any atom is -0.360 e. The number of nitrogens with one attached hydrogen (secondary N) is 1. The Balaban J connectivity index is 0.000000166. The predicted octanol–water partition coefficient (Wildman–Crippen LogP) is 20.5. The Morgan fingerprint density at radius 3 is 1.29 bits per heavy atom. The second-order valence-electron chi connectivity index (χ2n) is 19.9. The van der Waals surface area contributed by atoms with Crippen LogP contribution < -0.4 is 0 Å². The lowest BCUT2D eigenvalue weighted by molar-refractivity contribution is 0.150. The highest BCUT2D eigenvalue weighted by atomic mass is 79.9. The summed E-state index contributed by atoms with van der Waals surface area (Å²) in [6.07, 6.45) is 22.1. The molecule has 0 spiro atoms. The monoisotopic (exact) mass is 1340 g/mol. The number of benzene rings is 6. The van der Waals surface area contributed by atoms with Gasteiger partial charge in [-0.15, -0.1) is 23.2 Å². The molecule has 0 amide bonds. The van der Waals surface area contributed by atoms with Gasteiger partial charge < -0.3 is 23.9 Å². The molecule has 5 heterocycles. The molecule has 438 valence electrons. The summed E-state index contributed by atoms with van der Waals surface area (Å²) >= 11 is 50.0. The van der Waals surface area contributed by atoms with E-state index in [2.05, 4.69) is 60.5 Å². The summed E-state index contributed by atoms with van der Waals surface area (Å²) in [5.74, 6) is 0.457. The van der Waals surface area contributed by atoms with E-state index in [1.807, 2.05) is 83.7 Å². The Hall–Kier alpha value is -4.37. The van der Waals surface area contributed by atoms with Gasteiger partial charge in [0.25, 0.3) is 0 Å². The molecule has 0 atom stereocenters. The van der Waals surface area contributed by atoms with Crippen molar-refractivity contribution in [1.29, 1.82) is 0 Å². The number of nitrogens with zero attached hydrogens (tertiary/aromatic N) is 5. The van der Waals surface area contributed by atoms with Gasteiger partial charge in [0, 0.05) is 103 Å². The van der Waals surface area contributed by atoms with Crippen LogP contribution in [0.1, 0.15) is 52.6 Å². The number of piperidine rings is 1. The molecular formula is C65H64BrCl8F3N6. The fourth-order valence-electron chi connectivity index (χ4n) is 9.35. The molecule has 6 nitrogen and oxygen atoms in total. The van der Waals surface area contributed by atoms with Gasteiger partial charge in [-0.05, 0) is 164 Å². The summed E-state index contributed by atoms with van der Waals surface area (Å²) in [5, 5.41) is 7.07. The van der Waals surface area contributed by atoms with Gasteiger partial charge in [-0.2, -0.15) is 0 Å². The summed E-state index contributed by atoms with van der Waals surface area (Å²) in [6, 6.07) is 30.9. The highest BCUT2D eigenvalue weighted by molar-refractivity contribution is 9.09. The van der Waals surface area contributed by atoms with Gasteiger partial charge >= 0.3 is 0 Å². The number of piperazine rings is 1.